The molecule has 1 atom stereocenters. The first-order valence-electron chi connectivity index (χ1n) is 7.97. The van der Waals surface area contributed by atoms with Gasteiger partial charge in [-0.25, -0.2) is 0 Å². The number of hydrogen-bond acceptors (Lipinski definition) is 0. The number of hydrogen-bond donors (Lipinski definition) is 0. The topological polar surface area (TPSA) is 0 Å². The maximum atomic E-state index is 3.91. The van der Waals surface area contributed by atoms with Crippen LogP contribution < -0.4 is 0 Å². The Morgan fingerprint density at radius 1 is 0.842 bits per heavy atom. The molecular formula is C19H33. The van der Waals surface area contributed by atoms with Crippen LogP contribution in [0.1, 0.15) is 71.1 Å². The molecule has 109 valence electrons. The van der Waals surface area contributed by atoms with Crippen LogP contribution in [-0.4, -0.2) is 0 Å². The third-order valence-electron chi connectivity index (χ3n) is 3.75. The summed E-state index contributed by atoms with van der Waals surface area (Å²) < 4.78 is 0. The molecule has 19 heavy (non-hydrogen) atoms. The van der Waals surface area contributed by atoms with Gasteiger partial charge in [0.15, 0.2) is 0 Å². The summed E-state index contributed by atoms with van der Waals surface area (Å²) >= 11 is 0. The molecule has 0 fully saturated rings. The summed E-state index contributed by atoms with van der Waals surface area (Å²) in [5.41, 5.74) is 0. The zero-order valence-corrected chi connectivity index (χ0v) is 13.0. The van der Waals surface area contributed by atoms with Crippen LogP contribution in [0.2, 0.25) is 0 Å². The van der Waals surface area contributed by atoms with E-state index in [0.717, 1.165) is 19.3 Å². The molecular weight excluding hydrogens is 228 g/mol. The highest BCUT2D eigenvalue weighted by Crippen LogP contribution is 2.31. The van der Waals surface area contributed by atoms with Gasteiger partial charge < -0.3 is 0 Å². The molecule has 0 N–H and O–H groups in total. The minimum atomic E-state index is 0.680. The van der Waals surface area contributed by atoms with Crippen LogP contribution in [-0.2, 0) is 0 Å². The Morgan fingerprint density at radius 3 is 1.95 bits per heavy atom. The van der Waals surface area contributed by atoms with E-state index in [0.29, 0.717) is 5.92 Å². The SMILES string of the molecule is C=CC[C](CC=C)C(CC=C)CCCCCCCC. The fourth-order valence-electron chi connectivity index (χ4n) is 2.65. The molecule has 0 aromatic rings. The maximum absolute atomic E-state index is 3.91. The normalized spacial score (nSPS) is 12.3. The van der Waals surface area contributed by atoms with Crippen molar-refractivity contribution in [2.24, 2.45) is 5.92 Å². The summed E-state index contributed by atoms with van der Waals surface area (Å²) in [5, 5.41) is 0. The summed E-state index contributed by atoms with van der Waals surface area (Å²) in [6, 6.07) is 0. The van der Waals surface area contributed by atoms with Gasteiger partial charge in [-0.15, -0.1) is 19.7 Å². The predicted octanol–water partition coefficient (Wildman–Crippen LogP) is 6.66. The molecule has 0 aliphatic rings. The molecule has 0 spiro atoms. The van der Waals surface area contributed by atoms with Crippen LogP contribution in [0.3, 0.4) is 0 Å². The lowest BCUT2D eigenvalue weighted by Gasteiger charge is -2.24. The smallest absolute Gasteiger partial charge is 0.0132 e. The van der Waals surface area contributed by atoms with Crippen molar-refractivity contribution in [3.63, 3.8) is 0 Å². The Balaban J connectivity index is 4.02. The number of rotatable bonds is 14. The van der Waals surface area contributed by atoms with E-state index < -0.39 is 0 Å². The average molecular weight is 261 g/mol. The first kappa shape index (κ1) is 18.2. The van der Waals surface area contributed by atoms with E-state index in [2.05, 4.69) is 32.7 Å². The number of allylic oxidation sites excluding steroid dienone is 3. The second kappa shape index (κ2) is 13.6. The Kier molecular flexibility index (Phi) is 13.1. The molecule has 0 saturated heterocycles. The molecule has 1 radical (unpaired) electrons. The van der Waals surface area contributed by atoms with E-state index in [1.165, 1.54) is 44.9 Å². The molecule has 0 aliphatic heterocycles. The quantitative estimate of drug-likeness (QED) is 0.242. The molecule has 0 amide bonds. The zero-order valence-electron chi connectivity index (χ0n) is 13.0. The van der Waals surface area contributed by atoms with E-state index >= 15 is 0 Å². The van der Waals surface area contributed by atoms with Crippen molar-refractivity contribution < 1.29 is 0 Å². The van der Waals surface area contributed by atoms with E-state index in [1.54, 1.807) is 5.92 Å². The monoisotopic (exact) mass is 261 g/mol. The standard InChI is InChI=1S/C19H33/c1-5-9-10-11-12-13-17-19(16-8-4)18(14-6-2)15-7-3/h6-8,19H,2-5,9-17H2,1H3. The van der Waals surface area contributed by atoms with Gasteiger partial charge in [0.25, 0.3) is 0 Å². The third-order valence-corrected chi connectivity index (χ3v) is 3.75. The summed E-state index contributed by atoms with van der Waals surface area (Å²) in [6.45, 7) is 13.9. The largest absolute Gasteiger partial charge is 0.103 e. The van der Waals surface area contributed by atoms with Crippen molar-refractivity contribution in [2.75, 3.05) is 0 Å². The van der Waals surface area contributed by atoms with Gasteiger partial charge in [0, 0.05) is 0 Å². The lowest BCUT2D eigenvalue weighted by atomic mass is 9.81. The van der Waals surface area contributed by atoms with Crippen molar-refractivity contribution in [1.29, 1.82) is 0 Å². The molecule has 0 aromatic heterocycles. The highest BCUT2D eigenvalue weighted by molar-refractivity contribution is 5.06. The Bertz CT molecular complexity index is 216. The van der Waals surface area contributed by atoms with Crippen molar-refractivity contribution in [1.82, 2.24) is 0 Å². The van der Waals surface area contributed by atoms with Gasteiger partial charge in [0.2, 0.25) is 0 Å². The van der Waals surface area contributed by atoms with Crippen LogP contribution in [0, 0.1) is 11.8 Å². The van der Waals surface area contributed by atoms with Crippen molar-refractivity contribution in [2.45, 2.75) is 71.1 Å². The highest BCUT2D eigenvalue weighted by atomic mass is 14.2. The van der Waals surface area contributed by atoms with Gasteiger partial charge in [-0.05, 0) is 37.5 Å². The first-order chi connectivity index (χ1) is 9.29. The van der Waals surface area contributed by atoms with Gasteiger partial charge in [-0.2, -0.15) is 0 Å². The summed E-state index contributed by atoms with van der Waals surface area (Å²) in [6.07, 6.45) is 18.8. The Hall–Kier alpha value is -0.780. The second-order valence-corrected chi connectivity index (χ2v) is 5.42. The van der Waals surface area contributed by atoms with E-state index in [1.807, 2.05) is 12.2 Å². The van der Waals surface area contributed by atoms with E-state index in [4.69, 9.17) is 0 Å². The van der Waals surface area contributed by atoms with Gasteiger partial charge in [0.05, 0.1) is 0 Å². The minimum Gasteiger partial charge on any atom is -0.103 e. The van der Waals surface area contributed by atoms with Gasteiger partial charge in [0.1, 0.15) is 0 Å². The Labute approximate surface area is 121 Å². The van der Waals surface area contributed by atoms with Crippen molar-refractivity contribution in [3.8, 4) is 0 Å². The molecule has 0 aromatic carbocycles. The minimum absolute atomic E-state index is 0.680. The first-order valence-corrected chi connectivity index (χ1v) is 7.97. The van der Waals surface area contributed by atoms with E-state index in [-0.39, 0.29) is 0 Å². The lowest BCUT2D eigenvalue weighted by molar-refractivity contribution is 0.449. The molecule has 0 bridgehead atoms. The molecule has 0 nitrogen and oxygen atoms in total. The average Bonchev–Trinajstić information content (AvgIpc) is 2.41. The van der Waals surface area contributed by atoms with Gasteiger partial charge in [-0.3, -0.25) is 0 Å². The zero-order chi connectivity index (χ0) is 14.3. The fraction of sp³-hybridized carbons (Fsp3) is 0.632. The van der Waals surface area contributed by atoms with Crippen LogP contribution in [0.4, 0.5) is 0 Å². The molecule has 0 heteroatoms. The van der Waals surface area contributed by atoms with Crippen LogP contribution >= 0.6 is 0 Å². The molecule has 0 rings (SSSR count). The van der Waals surface area contributed by atoms with Crippen molar-refractivity contribution >= 4 is 0 Å². The van der Waals surface area contributed by atoms with Crippen LogP contribution in [0.15, 0.2) is 38.0 Å². The summed E-state index contributed by atoms with van der Waals surface area (Å²) in [7, 11) is 0. The molecule has 1 unspecified atom stereocenters. The fourth-order valence-corrected chi connectivity index (χ4v) is 2.65. The summed E-state index contributed by atoms with van der Waals surface area (Å²) in [4.78, 5) is 0. The van der Waals surface area contributed by atoms with Gasteiger partial charge in [-0.1, -0.05) is 63.7 Å². The molecule has 0 aliphatic carbocycles. The van der Waals surface area contributed by atoms with Gasteiger partial charge >= 0.3 is 0 Å². The second-order valence-electron chi connectivity index (χ2n) is 5.42. The van der Waals surface area contributed by atoms with Crippen LogP contribution in [0.5, 0.6) is 0 Å². The Morgan fingerprint density at radius 2 is 1.42 bits per heavy atom. The summed E-state index contributed by atoms with van der Waals surface area (Å²) in [5.74, 6) is 2.26. The highest BCUT2D eigenvalue weighted by Gasteiger charge is 2.18. The van der Waals surface area contributed by atoms with Crippen LogP contribution in [0.25, 0.3) is 0 Å². The third kappa shape index (κ3) is 9.76. The predicted molar refractivity (Wildman–Crippen MR) is 89.2 cm³/mol. The van der Waals surface area contributed by atoms with Crippen molar-refractivity contribution in [3.05, 3.63) is 43.9 Å². The maximum Gasteiger partial charge on any atom is -0.0132 e. The molecule has 0 saturated carbocycles. The molecule has 0 heterocycles. The van der Waals surface area contributed by atoms with E-state index in [9.17, 15) is 0 Å². The number of unbranched alkanes of at least 4 members (excludes halogenated alkanes) is 5. The lowest BCUT2D eigenvalue weighted by Crippen LogP contribution is -2.11.